The van der Waals surface area contributed by atoms with E-state index in [-0.39, 0.29) is 17.4 Å². The lowest BCUT2D eigenvalue weighted by molar-refractivity contribution is -0.385. The number of hydrogen-bond acceptors (Lipinski definition) is 7. The first-order chi connectivity index (χ1) is 14.0. The molecule has 0 atom stereocenters. The number of aromatic nitrogens is 3. The van der Waals surface area contributed by atoms with Gasteiger partial charge in [-0.2, -0.15) is 4.98 Å². The Labute approximate surface area is 166 Å². The minimum absolute atomic E-state index is 0.0509. The molecule has 0 bridgehead atoms. The van der Waals surface area contributed by atoms with Crippen LogP contribution < -0.4 is 10.1 Å². The van der Waals surface area contributed by atoms with E-state index in [0.29, 0.717) is 17.0 Å². The molecular weight excluding hydrogens is 370 g/mol. The molecule has 2 aromatic carbocycles. The Kier molecular flexibility index (Phi) is 4.74. The summed E-state index contributed by atoms with van der Waals surface area (Å²) in [5.41, 5.74) is 2.76. The Morgan fingerprint density at radius 1 is 1.03 bits per heavy atom. The maximum Gasteiger partial charge on any atom is 0.373 e. The fraction of sp³-hybridized carbons (Fsp3) is 0.0952. The van der Waals surface area contributed by atoms with Gasteiger partial charge in [-0.25, -0.2) is 9.97 Å². The molecule has 1 N–H and O–H groups in total. The van der Waals surface area contributed by atoms with Crippen LogP contribution in [0.1, 0.15) is 11.3 Å². The number of anilines is 2. The van der Waals surface area contributed by atoms with Crippen molar-refractivity contribution in [3.8, 4) is 11.6 Å². The SMILES string of the molecule is Cc1cccc(Nc2ncnc(Oc3cccc4ccc(C)nc34)c2[N+](=O)[O-])c1. The Bertz CT molecular complexity index is 1230. The minimum atomic E-state index is -0.558. The summed E-state index contributed by atoms with van der Waals surface area (Å²) in [4.78, 5) is 23.8. The van der Waals surface area contributed by atoms with Gasteiger partial charge in [0.1, 0.15) is 11.8 Å². The van der Waals surface area contributed by atoms with Gasteiger partial charge in [-0.15, -0.1) is 0 Å². The number of hydrogen-bond donors (Lipinski definition) is 1. The van der Waals surface area contributed by atoms with Crippen molar-refractivity contribution >= 4 is 28.1 Å². The van der Waals surface area contributed by atoms with Gasteiger partial charge in [0.2, 0.25) is 5.82 Å². The van der Waals surface area contributed by atoms with Crippen molar-refractivity contribution in [1.29, 1.82) is 0 Å². The number of nitrogens with one attached hydrogen (secondary N) is 1. The number of nitro groups is 1. The molecule has 0 radical (unpaired) electrons. The highest BCUT2D eigenvalue weighted by molar-refractivity contribution is 5.85. The van der Waals surface area contributed by atoms with E-state index in [1.807, 2.05) is 50.2 Å². The van der Waals surface area contributed by atoms with E-state index < -0.39 is 4.92 Å². The molecule has 8 heteroatoms. The molecule has 144 valence electrons. The molecule has 2 aromatic heterocycles. The predicted octanol–water partition coefficient (Wildman–Crippen LogP) is 5.09. The fourth-order valence-electron chi connectivity index (χ4n) is 2.96. The molecular formula is C21H17N5O3. The molecule has 29 heavy (non-hydrogen) atoms. The first kappa shape index (κ1) is 18.3. The number of ether oxygens (including phenoxy) is 1. The number of aryl methyl sites for hydroxylation is 2. The first-order valence-corrected chi connectivity index (χ1v) is 8.88. The van der Waals surface area contributed by atoms with Crippen LogP contribution in [0.5, 0.6) is 11.6 Å². The van der Waals surface area contributed by atoms with Crippen LogP contribution >= 0.6 is 0 Å². The first-order valence-electron chi connectivity index (χ1n) is 8.88. The van der Waals surface area contributed by atoms with Crippen LogP contribution in [0, 0.1) is 24.0 Å². The van der Waals surface area contributed by atoms with Crippen molar-refractivity contribution in [2.24, 2.45) is 0 Å². The van der Waals surface area contributed by atoms with E-state index in [1.54, 1.807) is 18.2 Å². The summed E-state index contributed by atoms with van der Waals surface area (Å²) in [5, 5.41) is 15.6. The quantitative estimate of drug-likeness (QED) is 0.376. The van der Waals surface area contributed by atoms with Crippen molar-refractivity contribution in [2.45, 2.75) is 13.8 Å². The topological polar surface area (TPSA) is 103 Å². The van der Waals surface area contributed by atoms with E-state index in [2.05, 4.69) is 20.3 Å². The third-order valence-corrected chi connectivity index (χ3v) is 4.28. The van der Waals surface area contributed by atoms with Gasteiger partial charge in [-0.05, 0) is 43.7 Å². The number of nitrogens with zero attached hydrogens (tertiary/aromatic N) is 4. The van der Waals surface area contributed by atoms with Crippen molar-refractivity contribution in [1.82, 2.24) is 15.0 Å². The summed E-state index contributed by atoms with van der Waals surface area (Å²) in [5.74, 6) is 0.278. The molecule has 8 nitrogen and oxygen atoms in total. The summed E-state index contributed by atoms with van der Waals surface area (Å²) >= 11 is 0. The van der Waals surface area contributed by atoms with Crippen LogP contribution in [0.15, 0.2) is 60.9 Å². The van der Waals surface area contributed by atoms with E-state index >= 15 is 0 Å². The van der Waals surface area contributed by atoms with Crippen molar-refractivity contribution < 1.29 is 9.66 Å². The number of rotatable bonds is 5. The van der Waals surface area contributed by atoms with E-state index in [4.69, 9.17) is 4.74 Å². The van der Waals surface area contributed by atoms with Gasteiger partial charge in [-0.1, -0.05) is 30.3 Å². The molecule has 0 unspecified atom stereocenters. The summed E-state index contributed by atoms with van der Waals surface area (Å²) in [6, 6.07) is 16.7. The Morgan fingerprint density at radius 2 is 1.86 bits per heavy atom. The van der Waals surface area contributed by atoms with Crippen LogP contribution in [-0.2, 0) is 0 Å². The molecule has 4 rings (SSSR count). The zero-order valence-corrected chi connectivity index (χ0v) is 15.8. The summed E-state index contributed by atoms with van der Waals surface area (Å²) < 4.78 is 5.85. The fourth-order valence-corrected chi connectivity index (χ4v) is 2.96. The molecule has 4 aromatic rings. The molecule has 2 heterocycles. The van der Waals surface area contributed by atoms with Gasteiger partial charge in [0, 0.05) is 16.8 Å². The molecule has 0 fully saturated rings. The number of fused-ring (bicyclic) bond motifs is 1. The summed E-state index contributed by atoms with van der Waals surface area (Å²) in [7, 11) is 0. The second-order valence-corrected chi connectivity index (χ2v) is 6.51. The van der Waals surface area contributed by atoms with Gasteiger partial charge in [0.25, 0.3) is 0 Å². The average Bonchev–Trinajstić information content (AvgIpc) is 2.68. The van der Waals surface area contributed by atoms with Crippen LogP contribution in [0.4, 0.5) is 17.2 Å². The second kappa shape index (κ2) is 7.51. The van der Waals surface area contributed by atoms with Crippen LogP contribution in [0.2, 0.25) is 0 Å². The lowest BCUT2D eigenvalue weighted by Crippen LogP contribution is -2.04. The molecule has 0 aliphatic carbocycles. The van der Waals surface area contributed by atoms with Crippen LogP contribution in [0.3, 0.4) is 0 Å². The standard InChI is InChI=1S/C21H17N5O3/c1-13-5-3-7-16(11-13)25-20-19(26(27)28)21(23-12-22-20)29-17-8-4-6-15-10-9-14(2)24-18(15)17/h3-12H,1-2H3,(H,22,23,25). The zero-order chi connectivity index (χ0) is 20.4. The average molecular weight is 387 g/mol. The molecule has 0 amide bonds. The van der Waals surface area contributed by atoms with E-state index in [0.717, 1.165) is 16.6 Å². The number of benzene rings is 2. The minimum Gasteiger partial charge on any atom is -0.431 e. The lowest BCUT2D eigenvalue weighted by atomic mass is 10.2. The van der Waals surface area contributed by atoms with Crippen LogP contribution in [-0.4, -0.2) is 19.9 Å². The second-order valence-electron chi connectivity index (χ2n) is 6.51. The van der Waals surface area contributed by atoms with Gasteiger partial charge in [0.15, 0.2) is 5.75 Å². The third-order valence-electron chi connectivity index (χ3n) is 4.28. The highest BCUT2D eigenvalue weighted by Gasteiger charge is 2.26. The summed E-state index contributed by atoms with van der Waals surface area (Å²) in [6.45, 7) is 3.80. The van der Waals surface area contributed by atoms with Gasteiger partial charge < -0.3 is 10.1 Å². The number of pyridine rings is 1. The normalized spacial score (nSPS) is 10.7. The Hall–Kier alpha value is -4.07. The molecule has 0 saturated carbocycles. The highest BCUT2D eigenvalue weighted by atomic mass is 16.6. The van der Waals surface area contributed by atoms with Gasteiger partial charge >= 0.3 is 11.6 Å². The monoisotopic (exact) mass is 387 g/mol. The largest absolute Gasteiger partial charge is 0.431 e. The Morgan fingerprint density at radius 3 is 2.66 bits per heavy atom. The highest BCUT2D eigenvalue weighted by Crippen LogP contribution is 2.37. The zero-order valence-electron chi connectivity index (χ0n) is 15.8. The summed E-state index contributed by atoms with van der Waals surface area (Å²) in [6.07, 6.45) is 1.23. The smallest absolute Gasteiger partial charge is 0.373 e. The molecule has 0 saturated heterocycles. The van der Waals surface area contributed by atoms with E-state index in [9.17, 15) is 10.1 Å². The van der Waals surface area contributed by atoms with Crippen molar-refractivity contribution in [3.63, 3.8) is 0 Å². The molecule has 0 spiro atoms. The lowest BCUT2D eigenvalue weighted by Gasteiger charge is -2.11. The predicted molar refractivity (Wildman–Crippen MR) is 110 cm³/mol. The van der Waals surface area contributed by atoms with E-state index in [1.165, 1.54) is 6.33 Å². The van der Waals surface area contributed by atoms with Gasteiger partial charge in [-0.3, -0.25) is 10.1 Å². The number of para-hydroxylation sites is 1. The molecule has 0 aliphatic heterocycles. The maximum absolute atomic E-state index is 11.8. The van der Waals surface area contributed by atoms with Crippen LogP contribution in [0.25, 0.3) is 10.9 Å². The molecule has 0 aliphatic rings. The van der Waals surface area contributed by atoms with Gasteiger partial charge in [0.05, 0.1) is 4.92 Å². The maximum atomic E-state index is 11.8. The van der Waals surface area contributed by atoms with Crippen molar-refractivity contribution in [3.05, 3.63) is 82.3 Å². The third kappa shape index (κ3) is 3.81. The van der Waals surface area contributed by atoms with Crippen molar-refractivity contribution in [2.75, 3.05) is 5.32 Å². The Balaban J connectivity index is 1.77.